The lowest BCUT2D eigenvalue weighted by molar-refractivity contribution is 0.143. The molecule has 0 saturated carbocycles. The van der Waals surface area contributed by atoms with Crippen LogP contribution in [-0.4, -0.2) is 11.7 Å². The molecule has 1 aliphatic rings. The van der Waals surface area contributed by atoms with Crippen LogP contribution in [0.25, 0.3) is 0 Å². The van der Waals surface area contributed by atoms with E-state index in [1.54, 1.807) is 0 Å². The van der Waals surface area contributed by atoms with Crippen LogP contribution in [0.15, 0.2) is 24.3 Å². The smallest absolute Gasteiger partial charge is 0.0528 e. The molecule has 0 radical (unpaired) electrons. The van der Waals surface area contributed by atoms with Crippen molar-refractivity contribution in [3.05, 3.63) is 35.4 Å². The van der Waals surface area contributed by atoms with Crippen molar-refractivity contribution in [1.29, 1.82) is 0 Å². The minimum Gasteiger partial charge on any atom is -0.395 e. The first-order valence-corrected chi connectivity index (χ1v) is 7.45. The van der Waals surface area contributed by atoms with E-state index < -0.39 is 0 Å². The van der Waals surface area contributed by atoms with Crippen molar-refractivity contribution >= 4 is 0 Å². The highest BCUT2D eigenvalue weighted by Crippen LogP contribution is 2.42. The topological polar surface area (TPSA) is 20.2 Å². The average Bonchev–Trinajstić information content (AvgIpc) is 2.45. The molecule has 1 nitrogen and oxygen atoms in total. The summed E-state index contributed by atoms with van der Waals surface area (Å²) in [5, 5.41) is 10.0. The minimum atomic E-state index is 0.0333. The Labute approximate surface area is 111 Å². The maximum absolute atomic E-state index is 10.0. The Hall–Kier alpha value is -0.820. The molecule has 0 heterocycles. The van der Waals surface area contributed by atoms with Crippen LogP contribution >= 0.6 is 0 Å². The van der Waals surface area contributed by atoms with Gasteiger partial charge < -0.3 is 5.11 Å². The van der Waals surface area contributed by atoms with Crippen molar-refractivity contribution in [2.45, 2.75) is 57.8 Å². The maximum Gasteiger partial charge on any atom is 0.0528 e. The molecule has 18 heavy (non-hydrogen) atoms. The van der Waals surface area contributed by atoms with E-state index in [1.165, 1.54) is 36.8 Å². The number of aryl methyl sites for hydroxylation is 1. The summed E-state index contributed by atoms with van der Waals surface area (Å²) in [5.41, 5.74) is 2.92. The molecule has 0 amide bonds. The molecule has 0 aromatic heterocycles. The predicted molar refractivity (Wildman–Crippen MR) is 76.8 cm³/mol. The van der Waals surface area contributed by atoms with Crippen LogP contribution < -0.4 is 0 Å². The molecule has 1 aromatic carbocycles. The monoisotopic (exact) mass is 246 g/mol. The zero-order valence-electron chi connectivity index (χ0n) is 11.8. The number of aliphatic hydroxyl groups excluding tert-OH is 1. The number of rotatable bonds is 5. The lowest BCUT2D eigenvalue weighted by Gasteiger charge is -2.40. The first-order chi connectivity index (χ1) is 8.75. The summed E-state index contributed by atoms with van der Waals surface area (Å²) < 4.78 is 0. The fourth-order valence-corrected chi connectivity index (χ4v) is 3.58. The summed E-state index contributed by atoms with van der Waals surface area (Å²) in [4.78, 5) is 0. The lowest BCUT2D eigenvalue weighted by Crippen LogP contribution is -2.36. The van der Waals surface area contributed by atoms with Gasteiger partial charge in [0.2, 0.25) is 0 Å². The van der Waals surface area contributed by atoms with Crippen molar-refractivity contribution in [3.63, 3.8) is 0 Å². The summed E-state index contributed by atoms with van der Waals surface area (Å²) in [5.74, 6) is 0.739. The molecule has 0 saturated heterocycles. The van der Waals surface area contributed by atoms with Gasteiger partial charge in [0.05, 0.1) is 6.61 Å². The van der Waals surface area contributed by atoms with Crippen LogP contribution in [0.3, 0.4) is 0 Å². The Morgan fingerprint density at radius 1 is 1.22 bits per heavy atom. The maximum atomic E-state index is 10.0. The van der Waals surface area contributed by atoms with E-state index in [4.69, 9.17) is 0 Å². The van der Waals surface area contributed by atoms with Gasteiger partial charge in [0.15, 0.2) is 0 Å². The Morgan fingerprint density at radius 3 is 2.61 bits per heavy atom. The fraction of sp³-hybridized carbons (Fsp3) is 0.647. The van der Waals surface area contributed by atoms with Crippen LogP contribution in [0.1, 0.15) is 57.1 Å². The third kappa shape index (κ3) is 2.47. The number of aliphatic hydroxyl groups is 1. The Kier molecular flexibility index (Phi) is 4.45. The highest BCUT2D eigenvalue weighted by Gasteiger charge is 2.37. The standard InChI is InChI=1S/C17H26O/c1-3-14(4-2)12-17(13-18)11-7-9-15-8-5-6-10-16(15)17/h5-6,8,10,14,18H,3-4,7,9,11-13H2,1-2H3. The molecule has 0 bridgehead atoms. The number of benzene rings is 1. The molecule has 1 unspecified atom stereocenters. The number of fused-ring (bicyclic) bond motifs is 1. The van der Waals surface area contributed by atoms with E-state index in [0.717, 1.165) is 18.8 Å². The Bertz CT molecular complexity index is 381. The molecule has 1 aromatic rings. The molecular formula is C17H26O. The summed E-state index contributed by atoms with van der Waals surface area (Å²) in [6, 6.07) is 8.74. The van der Waals surface area contributed by atoms with Crippen molar-refractivity contribution < 1.29 is 5.11 Å². The minimum absolute atomic E-state index is 0.0333. The molecule has 100 valence electrons. The molecule has 0 spiro atoms. The van der Waals surface area contributed by atoms with Gasteiger partial charge in [-0.3, -0.25) is 0 Å². The predicted octanol–water partition coefficient (Wildman–Crippen LogP) is 4.08. The van der Waals surface area contributed by atoms with Crippen molar-refractivity contribution in [2.75, 3.05) is 6.61 Å². The molecule has 2 rings (SSSR count). The van der Waals surface area contributed by atoms with E-state index in [9.17, 15) is 5.11 Å². The van der Waals surface area contributed by atoms with Gasteiger partial charge in [0, 0.05) is 5.41 Å². The van der Waals surface area contributed by atoms with E-state index in [1.807, 2.05) is 0 Å². The normalized spacial score (nSPS) is 23.1. The van der Waals surface area contributed by atoms with Gasteiger partial charge in [-0.15, -0.1) is 0 Å². The highest BCUT2D eigenvalue weighted by molar-refractivity contribution is 5.37. The molecule has 1 atom stereocenters. The van der Waals surface area contributed by atoms with Crippen molar-refractivity contribution in [2.24, 2.45) is 5.92 Å². The van der Waals surface area contributed by atoms with Gasteiger partial charge in [-0.1, -0.05) is 51.0 Å². The number of hydrogen-bond acceptors (Lipinski definition) is 1. The van der Waals surface area contributed by atoms with E-state index in [0.29, 0.717) is 6.61 Å². The van der Waals surface area contributed by atoms with Gasteiger partial charge in [-0.05, 0) is 42.7 Å². The largest absolute Gasteiger partial charge is 0.395 e. The van der Waals surface area contributed by atoms with Crippen LogP contribution in [-0.2, 0) is 11.8 Å². The SMILES string of the molecule is CCC(CC)CC1(CO)CCCc2ccccc21. The van der Waals surface area contributed by atoms with Crippen LogP contribution in [0.2, 0.25) is 0 Å². The molecular weight excluding hydrogens is 220 g/mol. The van der Waals surface area contributed by atoms with Crippen molar-refractivity contribution in [1.82, 2.24) is 0 Å². The van der Waals surface area contributed by atoms with Gasteiger partial charge in [0.25, 0.3) is 0 Å². The fourth-order valence-electron chi connectivity index (χ4n) is 3.58. The summed E-state index contributed by atoms with van der Waals surface area (Å²) in [6.45, 7) is 4.85. The van der Waals surface area contributed by atoms with Gasteiger partial charge >= 0.3 is 0 Å². The second kappa shape index (κ2) is 5.88. The third-order valence-electron chi connectivity index (χ3n) is 4.83. The average molecular weight is 246 g/mol. The second-order valence-electron chi connectivity index (χ2n) is 5.84. The van der Waals surface area contributed by atoms with Gasteiger partial charge in [0.1, 0.15) is 0 Å². The highest BCUT2D eigenvalue weighted by atomic mass is 16.3. The molecule has 1 aliphatic carbocycles. The molecule has 0 fully saturated rings. The summed E-state index contributed by atoms with van der Waals surface area (Å²) >= 11 is 0. The van der Waals surface area contributed by atoms with Gasteiger partial charge in [-0.25, -0.2) is 0 Å². The molecule has 1 N–H and O–H groups in total. The summed E-state index contributed by atoms with van der Waals surface area (Å²) in [6.07, 6.45) is 7.14. The molecule has 1 heteroatoms. The second-order valence-corrected chi connectivity index (χ2v) is 5.84. The lowest BCUT2D eigenvalue weighted by atomic mass is 9.65. The van der Waals surface area contributed by atoms with E-state index in [2.05, 4.69) is 38.1 Å². The third-order valence-corrected chi connectivity index (χ3v) is 4.83. The first-order valence-electron chi connectivity index (χ1n) is 7.45. The Balaban J connectivity index is 2.33. The van der Waals surface area contributed by atoms with Crippen molar-refractivity contribution in [3.8, 4) is 0 Å². The zero-order chi connectivity index (χ0) is 13.0. The van der Waals surface area contributed by atoms with E-state index in [-0.39, 0.29) is 5.41 Å². The van der Waals surface area contributed by atoms with Crippen LogP contribution in [0.4, 0.5) is 0 Å². The van der Waals surface area contributed by atoms with Gasteiger partial charge in [-0.2, -0.15) is 0 Å². The van der Waals surface area contributed by atoms with Crippen LogP contribution in [0.5, 0.6) is 0 Å². The zero-order valence-corrected chi connectivity index (χ0v) is 11.8. The quantitative estimate of drug-likeness (QED) is 0.830. The number of hydrogen-bond donors (Lipinski definition) is 1. The molecule has 0 aliphatic heterocycles. The summed E-state index contributed by atoms with van der Waals surface area (Å²) in [7, 11) is 0. The van der Waals surface area contributed by atoms with E-state index >= 15 is 0 Å². The first kappa shape index (κ1) is 13.6. The van der Waals surface area contributed by atoms with Crippen LogP contribution in [0, 0.1) is 5.92 Å². The Morgan fingerprint density at radius 2 is 1.94 bits per heavy atom.